The van der Waals surface area contributed by atoms with Gasteiger partial charge in [0.05, 0.1) is 48.0 Å². The van der Waals surface area contributed by atoms with Crippen molar-refractivity contribution in [2.45, 2.75) is 197 Å². The molecule has 0 aromatic rings. The first-order chi connectivity index (χ1) is 60.3. The molecule has 7 fully saturated rings. The Bertz CT molecular complexity index is 5000. The summed E-state index contributed by atoms with van der Waals surface area (Å²) in [7, 11) is 0. The first-order valence-electron chi connectivity index (χ1n) is 43.4. The van der Waals surface area contributed by atoms with E-state index in [0.717, 1.165) is 73.8 Å². The molecule has 0 aromatic carbocycles. The molecule has 0 saturated carbocycles. The standard InChI is InChI=1S/C16H26N3O3P.C15H24N3O3P.2C15H26N3O3P.C15H24N3O2P.C14H23BrN3O2P/c1-10-8-19(11(2)18-14(10)17)15-12-13(20)16(22-15,9-21-12)6-7-23(3,4)5;1-10-17-11(16)5-7-18(10)14-12-13(19)15(21-14,9-20-12)6-8-22(2,3)4;1-10-17-12(16)6-8-18(10)14-15(2,20)13(19)11(21-14)7-9-22(3,4)5;1-10-17-11(16)6-8-18(10)14-12(19)13(20)15(2,21-14)7-9-22(3,4)5;1-10-17-13(16)5-7-18(10)12-9-11(14(19)15(12)20)6-8-21(2,3)4;1-9-17-11(16)5-7-18(9)14-12(15)13(19)10(20-14)6-8-21(2,3)4/h8,12-13,15,20H,2-3,6-7,9H2,1,4-5H3,(H2,17,18);5,7,12-14,19H,1-2,6,8-9H2,3-4H3,(H2,16,17);6,8,11,13-14,19-20H,1,3,7,9H2,2,4-5H3,(H2,16,17);6,8,12-14,19-20H,1,3,7,9H2,2,4-5H3,(H2,16,17);5,7,9,12,14-15,19-20H,1-2,6,8H2,3-4H3,(H2,16,17);5,7,10,12-14,19H,1-2,6,8H2,3-4H3,(H2,16,17)/t12-,13+,15-,16+;12-,13+,14-,15+;11?,13-,14-,15-;12-,13+,14-,15-;12-,14-,15+;10?,12-,13-,14-/m111111/s1. The molecule has 23 atom stereocenters. The first-order valence-corrected chi connectivity index (χ1v) is 62.6. The van der Waals surface area contributed by atoms with Crippen LogP contribution in [0.3, 0.4) is 0 Å². The molecule has 0 radical (unpaired) electrons. The minimum atomic E-state index is -1.43. The lowest BCUT2D eigenvalue weighted by molar-refractivity contribution is -0.181. The molecule has 131 heavy (non-hydrogen) atoms. The van der Waals surface area contributed by atoms with Crippen LogP contribution in [0.15, 0.2) is 189 Å². The third-order valence-electron chi connectivity index (χ3n) is 24.4. The second-order valence-corrected chi connectivity index (χ2v) is 67.2. The van der Waals surface area contributed by atoms with E-state index in [-0.39, 0.29) is 23.2 Å². The summed E-state index contributed by atoms with van der Waals surface area (Å²) in [4.78, 5) is 34.9. The van der Waals surface area contributed by atoms with Crippen molar-refractivity contribution in [3.8, 4) is 0 Å². The van der Waals surface area contributed by atoms with Gasteiger partial charge in [-0.1, -0.05) is 61.5 Å². The second-order valence-electron chi connectivity index (χ2n) is 40.3. The number of alkyl halides is 1. The fourth-order valence-electron chi connectivity index (χ4n) is 16.4. The van der Waals surface area contributed by atoms with Crippen molar-refractivity contribution in [1.29, 1.82) is 0 Å². The van der Waals surface area contributed by atoms with Gasteiger partial charge in [0.1, 0.15) is 142 Å². The van der Waals surface area contributed by atoms with Crippen molar-refractivity contribution in [3.05, 3.63) is 159 Å². The van der Waals surface area contributed by atoms with E-state index >= 15 is 0 Å². The Hall–Kier alpha value is -6.12. The number of amidine groups is 6. The molecule has 2 unspecified atom stereocenters. The number of hydrogen-bond donors (Lipinski definition) is 15. The minimum Gasteiger partial charge on any atom is -0.389 e. The average molecular weight is 2010 g/mol. The fourth-order valence-corrected chi connectivity index (χ4v) is 22.9. The molecule has 14 rings (SSSR count). The van der Waals surface area contributed by atoms with Gasteiger partial charge in [0, 0.05) is 42.8 Å². The molecule has 732 valence electrons. The monoisotopic (exact) mass is 2000 g/mol. The summed E-state index contributed by atoms with van der Waals surface area (Å²) in [5.41, 5.74) is 32.1. The summed E-state index contributed by atoms with van der Waals surface area (Å²) in [5, 5.41) is 94.1. The SMILES string of the molecule is C=C1N=C(N)C(C)=CN1[C@@H]1O[C@@]2(CCP(=C)(C)C)CO[C@@H]1[C@@H]2O.C=C1N=C(N)C=CN1[C@@H]1C=C(CCP(=C)(C)C)[C@@H](O)[C@H]1O.C=C1N=C(N)C=CN1[C@@H]1OC(CCP(=C)(C)C)[C@@H](O)[C@@]1(C)O.C=C1N=C(N)C=CN1[C@@H]1OC(CCP(=C)(C)C)[C@@H](O)[C@H]1Br.C=C1N=C(N)C=CN1[C@@H]1O[C@@]2(CCP(=C)(C)C)CO[C@@H]1[C@@H]2O.C=C1N=C(N)C=CN1[C@@H]1O[C@](C)(CCP(=C)(C)C)[C@@H](O)[C@H]1O. The van der Waals surface area contributed by atoms with Crippen molar-refractivity contribution in [2.75, 3.05) is 130 Å². The van der Waals surface area contributed by atoms with Gasteiger partial charge in [0.2, 0.25) is 0 Å². The molecular weight excluding hydrogens is 1850 g/mol. The van der Waals surface area contributed by atoms with Crippen molar-refractivity contribution in [3.63, 3.8) is 0 Å². The van der Waals surface area contributed by atoms with Gasteiger partial charge in [0.15, 0.2) is 31.1 Å². The van der Waals surface area contributed by atoms with Crippen molar-refractivity contribution in [2.24, 2.45) is 64.4 Å². The van der Waals surface area contributed by atoms with Gasteiger partial charge in [-0.05, 0) is 212 Å². The van der Waals surface area contributed by atoms with Crippen LogP contribution in [0.4, 0.5) is 0 Å². The lowest BCUT2D eigenvalue weighted by atomic mass is 9.94. The van der Waals surface area contributed by atoms with Crippen LogP contribution in [-0.2, 0) is 33.2 Å². The van der Waals surface area contributed by atoms with E-state index in [0.29, 0.717) is 96.0 Å². The lowest BCUT2D eigenvalue weighted by Gasteiger charge is -2.37. The van der Waals surface area contributed by atoms with Crippen LogP contribution in [0.25, 0.3) is 0 Å². The average Bonchev–Trinajstić information content (AvgIpc) is 1.58. The number of aliphatic hydroxyl groups is 9. The lowest BCUT2D eigenvalue weighted by Crippen LogP contribution is -2.51. The van der Waals surface area contributed by atoms with E-state index in [1.54, 1.807) is 92.8 Å². The van der Waals surface area contributed by atoms with E-state index in [1.165, 1.54) is 0 Å². The Morgan fingerprint density at radius 3 is 1.21 bits per heavy atom. The molecule has 13 aliphatic heterocycles. The van der Waals surface area contributed by atoms with Gasteiger partial charge in [-0.15, -0.1) is 79.1 Å². The van der Waals surface area contributed by atoms with Gasteiger partial charge >= 0.3 is 0 Å². The normalized spacial score (nSPS) is 35.0. The zero-order chi connectivity index (χ0) is 98.1. The molecule has 34 nitrogen and oxygen atoms in total. The highest BCUT2D eigenvalue weighted by Gasteiger charge is 2.64. The highest BCUT2D eigenvalue weighted by Crippen LogP contribution is 2.52. The highest BCUT2D eigenvalue weighted by molar-refractivity contribution is 9.09. The predicted molar refractivity (Wildman–Crippen MR) is 556 cm³/mol. The molecule has 41 heteroatoms. The molecule has 13 heterocycles. The minimum absolute atomic E-state index is 0.204. The smallest absolute Gasteiger partial charge is 0.166 e. The zero-order valence-corrected chi connectivity index (χ0v) is 86.0. The Morgan fingerprint density at radius 1 is 0.427 bits per heavy atom. The van der Waals surface area contributed by atoms with E-state index in [9.17, 15) is 46.0 Å². The second kappa shape index (κ2) is 42.5. The Labute approximate surface area is 784 Å². The van der Waals surface area contributed by atoms with Gasteiger partial charge in [-0.25, -0.2) is 30.0 Å². The number of aliphatic imine (C=N–C) groups is 6. The molecule has 1 aliphatic carbocycles. The van der Waals surface area contributed by atoms with Crippen LogP contribution < -0.4 is 34.4 Å². The predicted octanol–water partition coefficient (Wildman–Crippen LogP) is 5.11. The summed E-state index contributed by atoms with van der Waals surface area (Å²) in [6, 6.07) is -0.359. The Kier molecular flexibility index (Phi) is 35.2. The van der Waals surface area contributed by atoms with Crippen molar-refractivity contribution < 1.29 is 79.1 Å². The summed E-state index contributed by atoms with van der Waals surface area (Å²) < 4.78 is 42.1. The molecule has 0 spiro atoms. The van der Waals surface area contributed by atoms with Gasteiger partial charge in [0.25, 0.3) is 0 Å². The number of halogens is 1. The zero-order valence-electron chi connectivity index (χ0n) is 79.1. The van der Waals surface area contributed by atoms with E-state index in [1.807, 2.05) is 31.0 Å². The van der Waals surface area contributed by atoms with E-state index < -0.39 is 156 Å². The number of fused-ring (bicyclic) bond motifs is 4. The Morgan fingerprint density at radius 2 is 0.794 bits per heavy atom. The quantitative estimate of drug-likeness (QED) is 0.0339. The van der Waals surface area contributed by atoms with Crippen LogP contribution in [-0.4, -0.2) is 416 Å². The molecule has 14 aliphatic rings. The van der Waals surface area contributed by atoms with E-state index in [4.69, 9.17) is 67.6 Å². The van der Waals surface area contributed by atoms with Crippen LogP contribution in [0.2, 0.25) is 0 Å². The summed E-state index contributed by atoms with van der Waals surface area (Å²) in [6.45, 7) is 48.2. The summed E-state index contributed by atoms with van der Waals surface area (Å²) >= 11 is 3.53. The fraction of sp³-hybridized carbons (Fsp3) is 0.578. The topological polar surface area (TPSA) is 496 Å². The van der Waals surface area contributed by atoms with Gasteiger partial charge in [-0.2, -0.15) is 0 Å². The molecular formula is C90H149BrN18O16P6. The van der Waals surface area contributed by atoms with Gasteiger partial charge < -0.3 is 143 Å². The maximum Gasteiger partial charge on any atom is 0.166 e. The molecule has 21 N–H and O–H groups in total. The maximum absolute atomic E-state index is 10.7. The molecule has 4 bridgehead atoms. The maximum atomic E-state index is 10.7. The first kappa shape index (κ1) is 109. The molecule has 7 saturated heterocycles. The number of hydrogen-bond acceptors (Lipinski definition) is 34. The highest BCUT2D eigenvalue weighted by atomic mass is 79.9. The third kappa shape index (κ3) is 27.5. The summed E-state index contributed by atoms with van der Waals surface area (Å²) in [5.74, 6) is 5.09. The van der Waals surface area contributed by atoms with Crippen LogP contribution >= 0.6 is 57.2 Å². The van der Waals surface area contributed by atoms with Crippen LogP contribution in [0, 0.1) is 0 Å². The summed E-state index contributed by atoms with van der Waals surface area (Å²) in [6.07, 6.45) is 45.1. The third-order valence-corrected chi connectivity index (χ3v) is 34.1. The number of aliphatic hydroxyl groups excluding tert-OH is 8. The van der Waals surface area contributed by atoms with Crippen molar-refractivity contribution in [1.82, 2.24) is 29.4 Å². The Balaban J connectivity index is 0.000000177. The number of rotatable bonds is 24. The van der Waals surface area contributed by atoms with Gasteiger partial charge in [-0.3, -0.25) is 0 Å². The van der Waals surface area contributed by atoms with E-state index in [2.05, 4.69) is 203 Å². The number of ether oxygens (including phenoxy) is 7. The van der Waals surface area contributed by atoms with Crippen LogP contribution in [0.1, 0.15) is 59.3 Å². The number of nitrogens with two attached hydrogens (primary N) is 6. The van der Waals surface area contributed by atoms with Crippen molar-refractivity contribution >= 4 is 130 Å². The molecule has 0 aromatic heterocycles. The van der Waals surface area contributed by atoms with Crippen LogP contribution in [0.5, 0.6) is 0 Å². The molecule has 0 amide bonds. The largest absolute Gasteiger partial charge is 0.389 e. The number of nitrogens with zero attached hydrogens (tertiary/aromatic N) is 12.